The smallest absolute Gasteiger partial charge is 0.143 e. The second kappa shape index (κ2) is 18.1. The van der Waals surface area contributed by atoms with E-state index in [4.69, 9.17) is 0 Å². The molecule has 0 N–H and O–H groups in total. The first kappa shape index (κ1) is 31.2. The molecule has 0 fully saturated rings. The Hall–Kier alpha value is -3.36. The molecule has 210 valence electrons. The van der Waals surface area contributed by atoms with Crippen LogP contribution in [0.5, 0.6) is 0 Å². The van der Waals surface area contributed by atoms with Crippen molar-refractivity contribution in [1.29, 1.82) is 0 Å². The lowest BCUT2D eigenvalue weighted by Gasteiger charge is -2.03. The topological polar surface area (TPSA) is 0 Å². The van der Waals surface area contributed by atoms with Crippen LogP contribution in [0.2, 0.25) is 0 Å². The number of unbranched alkanes of at least 4 members (excludes halogenated alkanes) is 10. The molecular weight excluding hydrogens is 494 g/mol. The second-order valence-corrected chi connectivity index (χ2v) is 10.7. The first-order valence-corrected chi connectivity index (χ1v) is 15.3. The van der Waals surface area contributed by atoms with Crippen LogP contribution >= 0.6 is 0 Å². The van der Waals surface area contributed by atoms with E-state index in [9.17, 15) is 8.78 Å². The maximum atomic E-state index is 14.7. The van der Waals surface area contributed by atoms with Gasteiger partial charge in [-0.15, -0.1) is 0 Å². The van der Waals surface area contributed by atoms with Crippen molar-refractivity contribution >= 4 is 0 Å². The molecule has 0 saturated carbocycles. The van der Waals surface area contributed by atoms with E-state index < -0.39 is 11.6 Å². The Labute approximate surface area is 241 Å². The standard InChI is InChI=1S/C38H44F2/c1-3-5-7-9-10-12-14-16-32-19-23-34(24-20-32)27-28-36-37(39)29-35(30-38(36)40)26-25-33-21-17-31(18-22-33)15-13-11-8-6-4-2/h17-24,29-30H,3-16H2,1-2H3. The highest BCUT2D eigenvalue weighted by atomic mass is 19.1. The molecule has 3 aromatic carbocycles. The quantitative estimate of drug-likeness (QED) is 0.141. The summed E-state index contributed by atoms with van der Waals surface area (Å²) in [5, 5.41) is 0. The molecule has 0 heterocycles. The summed E-state index contributed by atoms with van der Waals surface area (Å²) in [4.78, 5) is 0. The highest BCUT2D eigenvalue weighted by Crippen LogP contribution is 2.16. The van der Waals surface area contributed by atoms with Crippen molar-refractivity contribution in [3.05, 3.63) is 106 Å². The second-order valence-electron chi connectivity index (χ2n) is 10.7. The predicted octanol–water partition coefficient (Wildman–Crippen LogP) is 10.6. The third-order valence-corrected chi connectivity index (χ3v) is 7.27. The van der Waals surface area contributed by atoms with Gasteiger partial charge in [-0.1, -0.05) is 126 Å². The fourth-order valence-electron chi connectivity index (χ4n) is 4.77. The summed E-state index contributed by atoms with van der Waals surface area (Å²) in [6.45, 7) is 4.47. The zero-order valence-corrected chi connectivity index (χ0v) is 24.4. The third kappa shape index (κ3) is 11.4. The molecule has 0 atom stereocenters. The Kier molecular flexibility index (Phi) is 14.1. The lowest BCUT2D eigenvalue weighted by atomic mass is 10.0. The maximum Gasteiger partial charge on any atom is 0.143 e. The van der Waals surface area contributed by atoms with Crippen molar-refractivity contribution < 1.29 is 8.78 Å². The molecule has 0 nitrogen and oxygen atoms in total. The van der Waals surface area contributed by atoms with Crippen molar-refractivity contribution in [2.45, 2.75) is 104 Å². The first-order valence-electron chi connectivity index (χ1n) is 15.3. The molecule has 0 amide bonds. The number of aryl methyl sites for hydroxylation is 2. The Balaban J connectivity index is 1.52. The first-order chi connectivity index (χ1) is 19.6. The highest BCUT2D eigenvalue weighted by Gasteiger charge is 2.08. The molecule has 0 aromatic heterocycles. The van der Waals surface area contributed by atoms with Gasteiger partial charge in [0.25, 0.3) is 0 Å². The van der Waals surface area contributed by atoms with Gasteiger partial charge in [0.2, 0.25) is 0 Å². The van der Waals surface area contributed by atoms with Gasteiger partial charge in [0.1, 0.15) is 11.6 Å². The lowest BCUT2D eigenvalue weighted by molar-refractivity contribution is 0.577. The molecule has 3 aromatic rings. The third-order valence-electron chi connectivity index (χ3n) is 7.27. The predicted molar refractivity (Wildman–Crippen MR) is 165 cm³/mol. The van der Waals surface area contributed by atoms with Gasteiger partial charge in [-0.2, -0.15) is 0 Å². The van der Waals surface area contributed by atoms with Crippen molar-refractivity contribution in [2.24, 2.45) is 0 Å². The lowest BCUT2D eigenvalue weighted by Crippen LogP contribution is -1.93. The van der Waals surface area contributed by atoms with Crippen LogP contribution in [-0.4, -0.2) is 0 Å². The van der Waals surface area contributed by atoms with E-state index in [1.165, 1.54) is 100 Å². The Morgan fingerprint density at radius 1 is 0.450 bits per heavy atom. The van der Waals surface area contributed by atoms with Gasteiger partial charge in [0, 0.05) is 16.7 Å². The normalized spacial score (nSPS) is 10.5. The van der Waals surface area contributed by atoms with Crippen LogP contribution in [0, 0.1) is 35.3 Å². The van der Waals surface area contributed by atoms with Crippen molar-refractivity contribution in [3.63, 3.8) is 0 Å². The van der Waals surface area contributed by atoms with Crippen LogP contribution in [0.15, 0.2) is 60.7 Å². The van der Waals surface area contributed by atoms with E-state index in [1.807, 2.05) is 24.3 Å². The molecule has 0 aliphatic heterocycles. The fraction of sp³-hybridized carbons (Fsp3) is 0.421. The van der Waals surface area contributed by atoms with E-state index in [2.05, 4.69) is 61.8 Å². The van der Waals surface area contributed by atoms with Crippen LogP contribution in [-0.2, 0) is 12.8 Å². The minimum atomic E-state index is -0.689. The Morgan fingerprint density at radius 3 is 1.27 bits per heavy atom. The molecule has 3 rings (SSSR count). The summed E-state index contributed by atoms with van der Waals surface area (Å²) < 4.78 is 29.4. The molecule has 40 heavy (non-hydrogen) atoms. The van der Waals surface area contributed by atoms with Gasteiger partial charge < -0.3 is 0 Å². The number of hydrogen-bond donors (Lipinski definition) is 0. The van der Waals surface area contributed by atoms with Gasteiger partial charge in [-0.3, -0.25) is 0 Å². The van der Waals surface area contributed by atoms with Crippen LogP contribution < -0.4 is 0 Å². The summed E-state index contributed by atoms with van der Waals surface area (Å²) in [6, 6.07) is 18.6. The van der Waals surface area contributed by atoms with Gasteiger partial charge in [0.05, 0.1) is 5.56 Å². The zero-order chi connectivity index (χ0) is 28.4. The number of benzene rings is 3. The van der Waals surface area contributed by atoms with Crippen LogP contribution in [0.3, 0.4) is 0 Å². The number of hydrogen-bond acceptors (Lipinski definition) is 0. The van der Waals surface area contributed by atoms with E-state index in [0.29, 0.717) is 5.56 Å². The molecule has 0 bridgehead atoms. The minimum absolute atomic E-state index is 0.221. The van der Waals surface area contributed by atoms with Crippen molar-refractivity contribution in [3.8, 4) is 23.7 Å². The fourth-order valence-corrected chi connectivity index (χ4v) is 4.77. The molecule has 0 saturated heterocycles. The molecular formula is C38H44F2. The molecule has 0 aliphatic rings. The summed E-state index contributed by atoms with van der Waals surface area (Å²) >= 11 is 0. The molecule has 2 heteroatoms. The largest absolute Gasteiger partial charge is 0.205 e. The molecule has 0 spiro atoms. The number of rotatable bonds is 14. The Morgan fingerprint density at radius 2 is 0.825 bits per heavy atom. The monoisotopic (exact) mass is 538 g/mol. The average molecular weight is 539 g/mol. The van der Waals surface area contributed by atoms with Crippen molar-refractivity contribution in [1.82, 2.24) is 0 Å². The summed E-state index contributed by atoms with van der Waals surface area (Å²) in [6.07, 6.45) is 17.5. The van der Waals surface area contributed by atoms with Gasteiger partial charge >= 0.3 is 0 Å². The van der Waals surface area contributed by atoms with Crippen LogP contribution in [0.25, 0.3) is 0 Å². The van der Waals surface area contributed by atoms with Crippen LogP contribution in [0.1, 0.15) is 124 Å². The number of halogens is 2. The SMILES string of the molecule is CCCCCCCCCc1ccc(C#Cc2c(F)cc(C#Cc3ccc(CCCCCCC)cc3)cc2F)cc1. The average Bonchev–Trinajstić information content (AvgIpc) is 2.96. The minimum Gasteiger partial charge on any atom is -0.205 e. The van der Waals surface area contributed by atoms with Gasteiger partial charge in [0.15, 0.2) is 0 Å². The van der Waals surface area contributed by atoms with Gasteiger partial charge in [-0.05, 0) is 73.2 Å². The van der Waals surface area contributed by atoms with Crippen molar-refractivity contribution in [2.75, 3.05) is 0 Å². The maximum absolute atomic E-state index is 14.7. The van der Waals surface area contributed by atoms with E-state index >= 15 is 0 Å². The highest BCUT2D eigenvalue weighted by molar-refractivity contribution is 5.49. The summed E-state index contributed by atoms with van der Waals surface area (Å²) in [7, 11) is 0. The summed E-state index contributed by atoms with van der Waals surface area (Å²) in [5.41, 5.74) is 4.22. The molecule has 0 unspecified atom stereocenters. The zero-order valence-electron chi connectivity index (χ0n) is 24.4. The van der Waals surface area contributed by atoms with E-state index in [0.717, 1.165) is 24.0 Å². The van der Waals surface area contributed by atoms with E-state index in [-0.39, 0.29) is 5.56 Å². The van der Waals surface area contributed by atoms with Gasteiger partial charge in [-0.25, -0.2) is 8.78 Å². The van der Waals surface area contributed by atoms with E-state index in [1.54, 1.807) is 0 Å². The summed E-state index contributed by atoms with van der Waals surface area (Å²) in [5.74, 6) is 10.1. The molecule has 0 aliphatic carbocycles. The Bertz CT molecular complexity index is 1250. The molecule has 0 radical (unpaired) electrons. The van der Waals surface area contributed by atoms with Crippen LogP contribution in [0.4, 0.5) is 8.78 Å².